The van der Waals surface area contributed by atoms with E-state index in [-0.39, 0.29) is 0 Å². The van der Waals surface area contributed by atoms with E-state index in [0.717, 1.165) is 42.4 Å². The van der Waals surface area contributed by atoms with Crippen LogP contribution in [0.4, 0.5) is 11.6 Å². The summed E-state index contributed by atoms with van der Waals surface area (Å²) in [4.78, 5) is 9.19. The third-order valence-electron chi connectivity index (χ3n) is 3.44. The molecule has 4 nitrogen and oxygen atoms in total. The molecule has 0 radical (unpaired) electrons. The summed E-state index contributed by atoms with van der Waals surface area (Å²) in [5, 5.41) is 6.59. The Kier molecular flexibility index (Phi) is 5.14. The fraction of sp³-hybridized carbons (Fsp3) is 0.412. The van der Waals surface area contributed by atoms with Crippen molar-refractivity contribution >= 4 is 11.6 Å². The van der Waals surface area contributed by atoms with Gasteiger partial charge in [-0.2, -0.15) is 0 Å². The summed E-state index contributed by atoms with van der Waals surface area (Å²) in [6.45, 7) is 7.06. The number of benzene rings is 1. The number of rotatable bonds is 6. The van der Waals surface area contributed by atoms with Crippen LogP contribution < -0.4 is 10.6 Å². The molecule has 0 saturated carbocycles. The highest BCUT2D eigenvalue weighted by atomic mass is 15.1. The largest absolute Gasteiger partial charge is 0.373 e. The van der Waals surface area contributed by atoms with E-state index in [1.807, 2.05) is 14.0 Å². The highest BCUT2D eigenvalue weighted by Gasteiger charge is 2.09. The van der Waals surface area contributed by atoms with E-state index in [1.54, 1.807) is 0 Å². The average molecular weight is 284 g/mol. The molecule has 0 aliphatic carbocycles. The SMILES string of the molecule is CCCc1nc(NC)c(C)c(NCc2cccc(C)c2)n1. The third-order valence-corrected chi connectivity index (χ3v) is 3.44. The summed E-state index contributed by atoms with van der Waals surface area (Å²) < 4.78 is 0. The van der Waals surface area contributed by atoms with Gasteiger partial charge in [0.05, 0.1) is 0 Å². The van der Waals surface area contributed by atoms with Gasteiger partial charge in [-0.3, -0.25) is 0 Å². The molecule has 2 aromatic rings. The molecule has 1 heterocycles. The molecule has 0 saturated heterocycles. The zero-order valence-electron chi connectivity index (χ0n) is 13.3. The van der Waals surface area contributed by atoms with Gasteiger partial charge in [-0.05, 0) is 25.8 Å². The first kappa shape index (κ1) is 15.3. The Hall–Kier alpha value is -2.10. The second kappa shape index (κ2) is 7.07. The topological polar surface area (TPSA) is 49.8 Å². The van der Waals surface area contributed by atoms with Crippen molar-refractivity contribution < 1.29 is 0 Å². The summed E-state index contributed by atoms with van der Waals surface area (Å²) in [5.41, 5.74) is 3.59. The molecule has 0 aliphatic heterocycles. The van der Waals surface area contributed by atoms with Gasteiger partial charge < -0.3 is 10.6 Å². The molecule has 0 unspecified atom stereocenters. The van der Waals surface area contributed by atoms with Gasteiger partial charge in [-0.1, -0.05) is 36.8 Å². The fourth-order valence-corrected chi connectivity index (χ4v) is 2.32. The maximum Gasteiger partial charge on any atom is 0.135 e. The van der Waals surface area contributed by atoms with E-state index in [4.69, 9.17) is 0 Å². The molecule has 0 bridgehead atoms. The number of aryl methyl sites for hydroxylation is 2. The van der Waals surface area contributed by atoms with Crippen LogP contribution >= 0.6 is 0 Å². The Morgan fingerprint density at radius 2 is 1.86 bits per heavy atom. The van der Waals surface area contributed by atoms with Crippen LogP contribution in [0.3, 0.4) is 0 Å². The quantitative estimate of drug-likeness (QED) is 0.849. The Morgan fingerprint density at radius 3 is 2.52 bits per heavy atom. The van der Waals surface area contributed by atoms with E-state index >= 15 is 0 Å². The van der Waals surface area contributed by atoms with Crippen LogP contribution in [-0.4, -0.2) is 17.0 Å². The lowest BCUT2D eigenvalue weighted by atomic mass is 10.1. The van der Waals surface area contributed by atoms with Crippen molar-refractivity contribution in [3.05, 3.63) is 46.8 Å². The number of nitrogens with zero attached hydrogens (tertiary/aromatic N) is 2. The van der Waals surface area contributed by atoms with Gasteiger partial charge in [-0.25, -0.2) is 9.97 Å². The summed E-state index contributed by atoms with van der Waals surface area (Å²) in [7, 11) is 1.90. The molecule has 1 aromatic carbocycles. The number of aromatic nitrogens is 2. The fourth-order valence-electron chi connectivity index (χ4n) is 2.32. The molecule has 0 atom stereocenters. The standard InChI is InChI=1S/C17H24N4/c1-5-7-15-20-16(18-4)13(3)17(21-15)19-11-14-9-6-8-12(2)10-14/h6,8-10H,5,7,11H2,1-4H3,(H2,18,19,20,21). The average Bonchev–Trinajstić information content (AvgIpc) is 2.48. The minimum absolute atomic E-state index is 0.772. The zero-order valence-corrected chi connectivity index (χ0v) is 13.3. The van der Waals surface area contributed by atoms with Crippen molar-refractivity contribution in [3.63, 3.8) is 0 Å². The Bertz CT molecular complexity index is 608. The minimum atomic E-state index is 0.772. The first-order chi connectivity index (χ1) is 10.1. The molecule has 2 rings (SSSR count). The summed E-state index contributed by atoms with van der Waals surface area (Å²) in [5.74, 6) is 2.71. The van der Waals surface area contributed by atoms with Crippen LogP contribution in [0, 0.1) is 13.8 Å². The lowest BCUT2D eigenvalue weighted by Crippen LogP contribution is -2.09. The monoisotopic (exact) mass is 284 g/mol. The van der Waals surface area contributed by atoms with Gasteiger partial charge in [0, 0.05) is 25.6 Å². The lowest BCUT2D eigenvalue weighted by molar-refractivity contribution is 0.831. The molecule has 4 heteroatoms. The predicted octanol–water partition coefficient (Wildman–Crippen LogP) is 3.70. The van der Waals surface area contributed by atoms with Crippen LogP contribution in [0.25, 0.3) is 0 Å². The van der Waals surface area contributed by atoms with Gasteiger partial charge in [0.2, 0.25) is 0 Å². The number of hydrogen-bond acceptors (Lipinski definition) is 4. The maximum absolute atomic E-state index is 4.65. The van der Waals surface area contributed by atoms with Crippen molar-refractivity contribution in [3.8, 4) is 0 Å². The molecule has 21 heavy (non-hydrogen) atoms. The Labute approximate surface area is 127 Å². The van der Waals surface area contributed by atoms with Crippen LogP contribution in [0.15, 0.2) is 24.3 Å². The molecular weight excluding hydrogens is 260 g/mol. The minimum Gasteiger partial charge on any atom is -0.373 e. The van der Waals surface area contributed by atoms with E-state index in [1.165, 1.54) is 11.1 Å². The van der Waals surface area contributed by atoms with Gasteiger partial charge in [0.25, 0.3) is 0 Å². The van der Waals surface area contributed by atoms with Gasteiger partial charge in [-0.15, -0.1) is 0 Å². The molecular formula is C17H24N4. The molecule has 0 aliphatic rings. The van der Waals surface area contributed by atoms with Crippen LogP contribution in [-0.2, 0) is 13.0 Å². The van der Waals surface area contributed by atoms with E-state index < -0.39 is 0 Å². The van der Waals surface area contributed by atoms with Gasteiger partial charge in [0.1, 0.15) is 17.5 Å². The van der Waals surface area contributed by atoms with Crippen LogP contribution in [0.1, 0.15) is 35.9 Å². The van der Waals surface area contributed by atoms with Crippen LogP contribution in [0.2, 0.25) is 0 Å². The summed E-state index contributed by atoms with van der Waals surface area (Å²) in [6.07, 6.45) is 1.94. The summed E-state index contributed by atoms with van der Waals surface area (Å²) in [6, 6.07) is 8.51. The second-order valence-electron chi connectivity index (χ2n) is 5.30. The van der Waals surface area contributed by atoms with Crippen molar-refractivity contribution in [2.45, 2.75) is 40.2 Å². The number of nitrogens with one attached hydrogen (secondary N) is 2. The smallest absolute Gasteiger partial charge is 0.135 e. The second-order valence-corrected chi connectivity index (χ2v) is 5.30. The lowest BCUT2D eigenvalue weighted by Gasteiger charge is -2.14. The molecule has 112 valence electrons. The van der Waals surface area contributed by atoms with E-state index in [9.17, 15) is 0 Å². The van der Waals surface area contributed by atoms with Gasteiger partial charge >= 0.3 is 0 Å². The maximum atomic E-state index is 4.65. The Balaban J connectivity index is 2.20. The Morgan fingerprint density at radius 1 is 1.10 bits per heavy atom. The van der Waals surface area contributed by atoms with Gasteiger partial charge in [0.15, 0.2) is 0 Å². The first-order valence-corrected chi connectivity index (χ1v) is 7.48. The number of anilines is 2. The predicted molar refractivity (Wildman–Crippen MR) is 88.8 cm³/mol. The highest BCUT2D eigenvalue weighted by molar-refractivity contribution is 5.57. The molecule has 0 fully saturated rings. The molecule has 2 N–H and O–H groups in total. The summed E-state index contributed by atoms with van der Waals surface area (Å²) >= 11 is 0. The first-order valence-electron chi connectivity index (χ1n) is 7.48. The third kappa shape index (κ3) is 3.94. The van der Waals surface area contributed by atoms with Crippen molar-refractivity contribution in [1.29, 1.82) is 0 Å². The van der Waals surface area contributed by atoms with Crippen molar-refractivity contribution in [2.75, 3.05) is 17.7 Å². The molecule has 0 amide bonds. The van der Waals surface area contributed by atoms with E-state index in [0.29, 0.717) is 0 Å². The molecule has 1 aromatic heterocycles. The number of hydrogen-bond donors (Lipinski definition) is 2. The normalized spacial score (nSPS) is 10.5. The van der Waals surface area contributed by atoms with Crippen LogP contribution in [0.5, 0.6) is 0 Å². The highest BCUT2D eigenvalue weighted by Crippen LogP contribution is 2.21. The van der Waals surface area contributed by atoms with E-state index in [2.05, 4.69) is 58.7 Å². The molecule has 0 spiro atoms. The van der Waals surface area contributed by atoms with Crippen molar-refractivity contribution in [2.24, 2.45) is 0 Å². The van der Waals surface area contributed by atoms with Crippen molar-refractivity contribution in [1.82, 2.24) is 9.97 Å². The zero-order chi connectivity index (χ0) is 15.2.